The summed E-state index contributed by atoms with van der Waals surface area (Å²) < 4.78 is 95.2. The molecule has 19 rings (SSSR count). The Hall–Kier alpha value is -0.680. The highest BCUT2D eigenvalue weighted by atomic mass is 16.7. The molecule has 17 aliphatic heterocycles. The average molecular weight is 1750 g/mol. The van der Waals surface area contributed by atoms with Gasteiger partial charge in [0, 0.05) is 93.6 Å². The molecule has 2 saturated carbocycles. The maximum atomic E-state index is 5.76. The van der Waals surface area contributed by atoms with Crippen LogP contribution in [-0.2, 0) is 80.5 Å². The lowest BCUT2D eigenvalue weighted by Gasteiger charge is -2.44. The smallest absolute Gasteiger partial charge is 0.161 e. The molecule has 17 nitrogen and oxygen atoms in total. The van der Waals surface area contributed by atoms with E-state index in [1.165, 1.54) is 103 Å². The van der Waals surface area contributed by atoms with Crippen LogP contribution in [0.25, 0.3) is 0 Å². The highest BCUT2D eigenvalue weighted by Crippen LogP contribution is 2.60. The van der Waals surface area contributed by atoms with E-state index < -0.39 is 0 Å². The number of rotatable bonds is 0. The molecule has 19 fully saturated rings. The van der Waals surface area contributed by atoms with Crippen LogP contribution in [0.2, 0.25) is 0 Å². The highest BCUT2D eigenvalue weighted by Gasteiger charge is 2.60. The fraction of sp³-hybridized carbons (Fsp3) is 1.00. The second-order valence-electron chi connectivity index (χ2n) is 53.0. The molecule has 17 heterocycles. The summed E-state index contributed by atoms with van der Waals surface area (Å²) in [5.41, 5.74) is 4.67. The molecule has 28 unspecified atom stereocenters. The van der Waals surface area contributed by atoms with Crippen LogP contribution in [0.15, 0.2) is 0 Å². The molecule has 0 aromatic carbocycles. The molecule has 124 heavy (non-hydrogen) atoms. The maximum absolute atomic E-state index is 5.76. The van der Waals surface area contributed by atoms with Gasteiger partial charge < -0.3 is 80.5 Å². The van der Waals surface area contributed by atoms with Crippen molar-refractivity contribution >= 4 is 0 Å². The van der Waals surface area contributed by atoms with Crippen molar-refractivity contribution in [1.82, 2.24) is 0 Å². The van der Waals surface area contributed by atoms with Crippen LogP contribution in [0, 0.1) is 177 Å². The summed E-state index contributed by atoms with van der Waals surface area (Å²) in [4.78, 5) is 0. The molecule has 17 heteroatoms. The van der Waals surface area contributed by atoms with Crippen molar-refractivity contribution in [2.45, 2.75) is 375 Å². The van der Waals surface area contributed by atoms with Gasteiger partial charge in [0.25, 0.3) is 0 Å². The number of hydrogen-bond donors (Lipinski definition) is 0. The first-order chi connectivity index (χ1) is 57.6. The van der Waals surface area contributed by atoms with Gasteiger partial charge in [-0.3, -0.25) is 0 Å². The van der Waals surface area contributed by atoms with E-state index in [1.54, 1.807) is 0 Å². The number of hydrogen-bond acceptors (Lipinski definition) is 17. The molecule has 19 aliphatic rings. The first kappa shape index (κ1) is 105. The maximum Gasteiger partial charge on any atom is 0.161 e. The summed E-state index contributed by atoms with van der Waals surface area (Å²) >= 11 is 0. The first-order valence-corrected chi connectivity index (χ1v) is 51.0. The molecule has 0 radical (unpaired) electrons. The summed E-state index contributed by atoms with van der Waals surface area (Å²) in [7, 11) is 0. The van der Waals surface area contributed by atoms with Crippen molar-refractivity contribution in [3.63, 3.8) is 0 Å². The van der Waals surface area contributed by atoms with Gasteiger partial charge in [-0.05, 0) is 239 Å². The molecule has 17 saturated heterocycles. The van der Waals surface area contributed by atoms with Crippen molar-refractivity contribution in [2.24, 2.45) is 177 Å². The predicted octanol–water partition coefficient (Wildman–Crippen LogP) is 24.5. The fourth-order valence-corrected chi connectivity index (χ4v) is 25.7. The van der Waals surface area contributed by atoms with Gasteiger partial charge in [-0.15, -0.1) is 0 Å². The number of fused-ring (bicyclic) bond motifs is 8. The lowest BCUT2D eigenvalue weighted by molar-refractivity contribution is -0.178. The SMILES string of the molecule is CC(C)(C)C1(C)CCCOC1.CC(C)(C)C1(C)COC2OCCC21.CC(C)(C)C1C2COC3OCC1C3C2.CC(C)(C)C1C2COC3OCC1C3C2.CC(C)(C)C1CCCOC1.CC(C)(C)C1CCCOC2CC1CO2.CC(C)(C)C1CCCOC2OCCC21.CC(C)(C)C1CCOC1.CC(C)(C)C1CCOC2OCCC21.CC(C)(C)C1COC2OCCC21. The highest BCUT2D eigenvalue weighted by molar-refractivity contribution is 5.05. The van der Waals surface area contributed by atoms with E-state index in [4.69, 9.17) is 80.5 Å². The number of ether oxygens (including phenoxy) is 17. The van der Waals surface area contributed by atoms with E-state index in [0.717, 1.165) is 210 Å². The van der Waals surface area contributed by atoms with Crippen LogP contribution in [0.5, 0.6) is 0 Å². The van der Waals surface area contributed by atoms with Crippen LogP contribution in [0.1, 0.15) is 331 Å². The second-order valence-corrected chi connectivity index (χ2v) is 53.0. The van der Waals surface area contributed by atoms with Gasteiger partial charge in [-0.1, -0.05) is 222 Å². The largest absolute Gasteiger partial charge is 0.381 e. The van der Waals surface area contributed by atoms with Crippen LogP contribution in [-0.4, -0.2) is 176 Å². The van der Waals surface area contributed by atoms with E-state index in [0.29, 0.717) is 101 Å². The molecule has 0 aromatic rings. The van der Waals surface area contributed by atoms with Gasteiger partial charge in [0.05, 0.1) is 85.9 Å². The van der Waals surface area contributed by atoms with Gasteiger partial charge >= 0.3 is 0 Å². The lowest BCUT2D eigenvalue weighted by atomic mass is 9.62. The minimum Gasteiger partial charge on any atom is -0.381 e. The Morgan fingerprint density at radius 3 is 1.05 bits per heavy atom. The van der Waals surface area contributed by atoms with E-state index >= 15 is 0 Å². The second kappa shape index (κ2) is 43.6. The van der Waals surface area contributed by atoms with Gasteiger partial charge in [0.15, 0.2) is 44.0 Å². The zero-order chi connectivity index (χ0) is 91.2. The lowest BCUT2D eigenvalue weighted by Crippen LogP contribution is -2.40. The summed E-state index contributed by atoms with van der Waals surface area (Å²) in [5.74, 6) is 14.0. The minimum atomic E-state index is 0.0872. The summed E-state index contributed by atoms with van der Waals surface area (Å²) in [6.45, 7) is 92.8. The molecule has 0 amide bonds. The average Bonchev–Trinajstić information content (AvgIpc) is 1.59. The van der Waals surface area contributed by atoms with Crippen molar-refractivity contribution in [1.29, 1.82) is 0 Å². The summed E-state index contributed by atoms with van der Waals surface area (Å²) in [5, 5.41) is 0. The van der Waals surface area contributed by atoms with Gasteiger partial charge in [0.2, 0.25) is 0 Å². The Bertz CT molecular complexity index is 3030. The Morgan fingerprint density at radius 1 is 0.234 bits per heavy atom. The van der Waals surface area contributed by atoms with Crippen molar-refractivity contribution < 1.29 is 80.5 Å². The molecular weight excluding hydrogens is 1560 g/mol. The van der Waals surface area contributed by atoms with Crippen molar-refractivity contribution in [2.75, 3.05) is 132 Å². The van der Waals surface area contributed by atoms with Crippen LogP contribution < -0.4 is 0 Å². The molecular formula is C107H196O17. The molecule has 28 atom stereocenters. The topological polar surface area (TPSA) is 157 Å². The van der Waals surface area contributed by atoms with Gasteiger partial charge in [-0.25, -0.2) is 0 Å². The Kier molecular flexibility index (Phi) is 37.0. The fourth-order valence-electron chi connectivity index (χ4n) is 25.7. The van der Waals surface area contributed by atoms with E-state index in [9.17, 15) is 0 Å². The molecule has 0 N–H and O–H groups in total. The summed E-state index contributed by atoms with van der Waals surface area (Å²) in [6.07, 6.45) is 21.9. The predicted molar refractivity (Wildman–Crippen MR) is 498 cm³/mol. The Labute approximate surface area is 760 Å². The third kappa shape index (κ3) is 27.6. The molecule has 0 spiro atoms. The molecule has 6 bridgehead atoms. The Morgan fingerprint density at radius 2 is 0.629 bits per heavy atom. The van der Waals surface area contributed by atoms with E-state index in [2.05, 4.69) is 222 Å². The third-order valence-corrected chi connectivity index (χ3v) is 34.5. The molecule has 2 aliphatic carbocycles. The van der Waals surface area contributed by atoms with Gasteiger partial charge in [0.1, 0.15) is 0 Å². The standard InChI is InChI=1S/2C12H20O2.2C12H22O2.2C11H20O2.C10H18O2.C10H20O.C9H18O.C8H16O/c2*1-12(2,3)10-7-4-8-9(10)6-14-11(8)13-5-7;1-12(2,3)10-5-4-7-13-11-9(10)6-8-14-11;1-12(2,3)10-5-4-6-13-11-7-9(10)8-14-11;1-10(2,3)11(4)7-13-9-8(11)5-6-12-9;1-11(2,3)9-5-7-13-10-8(9)4-6-12-10;1-10(2,3)8-6-12-9-7(8)4-5-11-9;1-9(2,3)10(4)6-5-7-11-8-10;1-9(2,3)8-5-4-6-10-7-8;1-8(2,3)7-4-5-9-6-7/h2*7-11H,4-6H2,1-3H3;2*9-11H,4-8H2,1-3H3;8-9H,5-7H2,1-4H3;8-10H,4-7H2,1-3H3;7-9H,4-6H2,1-3H3;5-8H2,1-4H3;8H,4-7H2,1-3H3;7H,4-6H2,1-3H3. The zero-order valence-electron chi connectivity index (χ0n) is 86.1. The first-order valence-electron chi connectivity index (χ1n) is 51.0. The monoisotopic (exact) mass is 1750 g/mol. The molecule has 726 valence electrons. The minimum absolute atomic E-state index is 0.0872. The Balaban J connectivity index is 0.000000145. The van der Waals surface area contributed by atoms with E-state index in [-0.39, 0.29) is 49.4 Å². The summed E-state index contributed by atoms with van der Waals surface area (Å²) in [6, 6.07) is 0. The van der Waals surface area contributed by atoms with E-state index in [1.807, 2.05) is 0 Å². The quantitative estimate of drug-likeness (QED) is 0.225. The van der Waals surface area contributed by atoms with Crippen molar-refractivity contribution in [3.05, 3.63) is 0 Å². The van der Waals surface area contributed by atoms with Gasteiger partial charge in [-0.2, -0.15) is 0 Å². The van der Waals surface area contributed by atoms with Crippen molar-refractivity contribution in [3.8, 4) is 0 Å². The zero-order valence-corrected chi connectivity index (χ0v) is 86.1. The third-order valence-electron chi connectivity index (χ3n) is 34.5. The molecule has 0 aromatic heterocycles. The van der Waals surface area contributed by atoms with Crippen LogP contribution >= 0.6 is 0 Å². The van der Waals surface area contributed by atoms with Crippen LogP contribution in [0.3, 0.4) is 0 Å². The normalized spacial score (nSPS) is 40.8. The van der Waals surface area contributed by atoms with Crippen LogP contribution in [0.4, 0.5) is 0 Å².